The van der Waals surface area contributed by atoms with Crippen molar-refractivity contribution >= 4 is 43.5 Å². The Morgan fingerprint density at radius 2 is 1.82 bits per heavy atom. The van der Waals surface area contributed by atoms with Crippen molar-refractivity contribution in [2.75, 3.05) is 14.2 Å². The summed E-state index contributed by atoms with van der Waals surface area (Å²) in [5.74, 6) is -0.490. The minimum atomic E-state index is -3.97. The van der Waals surface area contributed by atoms with Gasteiger partial charge in [0.25, 0.3) is 0 Å². The molecule has 7 nitrogen and oxygen atoms in total. The Morgan fingerprint density at radius 3 is 2.45 bits per heavy atom. The van der Waals surface area contributed by atoms with E-state index in [9.17, 15) is 13.2 Å². The number of ether oxygens (including phenoxy) is 2. The number of hydrogen-bond acceptors (Lipinski definition) is 5. The SMILES string of the molecule is COc1ccc(CNS(=O)(=O)c2cc(C(C(N)=O)c3ccccc3Cl)ccc2Br)c(OC)c1. The molecule has 0 aliphatic heterocycles. The molecule has 0 bridgehead atoms. The molecule has 0 saturated carbocycles. The molecule has 3 rings (SSSR count). The topological polar surface area (TPSA) is 108 Å². The number of methoxy groups -OCH3 is 2. The van der Waals surface area contributed by atoms with E-state index < -0.39 is 21.8 Å². The number of rotatable bonds is 9. The van der Waals surface area contributed by atoms with Crippen molar-refractivity contribution in [1.82, 2.24) is 4.72 Å². The maximum absolute atomic E-state index is 13.1. The summed E-state index contributed by atoms with van der Waals surface area (Å²) in [5.41, 5.74) is 7.18. The summed E-state index contributed by atoms with van der Waals surface area (Å²) in [6.45, 7) is -0.0179. The van der Waals surface area contributed by atoms with Crippen LogP contribution in [0.3, 0.4) is 0 Å². The highest BCUT2D eigenvalue weighted by Crippen LogP contribution is 2.33. The number of primary amides is 1. The van der Waals surface area contributed by atoms with E-state index in [-0.39, 0.29) is 11.4 Å². The maximum Gasteiger partial charge on any atom is 0.242 e. The number of nitrogens with one attached hydrogen (secondary N) is 1. The van der Waals surface area contributed by atoms with Crippen LogP contribution in [0.15, 0.2) is 70.0 Å². The van der Waals surface area contributed by atoms with E-state index in [0.29, 0.717) is 37.7 Å². The molecule has 0 heterocycles. The fourth-order valence-electron chi connectivity index (χ4n) is 3.36. The third-order valence-corrected chi connectivity index (χ3v) is 7.77. The van der Waals surface area contributed by atoms with Gasteiger partial charge in [-0.2, -0.15) is 0 Å². The zero-order valence-electron chi connectivity index (χ0n) is 17.8. The van der Waals surface area contributed by atoms with E-state index in [1.165, 1.54) is 20.3 Å². The molecule has 1 atom stereocenters. The zero-order valence-corrected chi connectivity index (χ0v) is 21.0. The first kappa shape index (κ1) is 25.0. The van der Waals surface area contributed by atoms with Crippen molar-refractivity contribution < 1.29 is 22.7 Å². The Bertz CT molecular complexity index is 1280. The fraction of sp³-hybridized carbons (Fsp3) is 0.174. The summed E-state index contributed by atoms with van der Waals surface area (Å²) in [7, 11) is -0.950. The molecule has 0 fully saturated rings. The first-order chi connectivity index (χ1) is 15.7. The first-order valence-corrected chi connectivity index (χ1v) is 12.4. The van der Waals surface area contributed by atoms with Gasteiger partial charge in [-0.15, -0.1) is 0 Å². The van der Waals surface area contributed by atoms with Gasteiger partial charge in [-0.3, -0.25) is 4.79 Å². The van der Waals surface area contributed by atoms with Crippen LogP contribution in [0.5, 0.6) is 11.5 Å². The van der Waals surface area contributed by atoms with Crippen molar-refractivity contribution in [2.45, 2.75) is 17.4 Å². The molecule has 3 aromatic carbocycles. The summed E-state index contributed by atoms with van der Waals surface area (Å²) < 4.78 is 39.7. The van der Waals surface area contributed by atoms with Crippen LogP contribution >= 0.6 is 27.5 Å². The van der Waals surface area contributed by atoms with Crippen molar-refractivity contribution in [3.8, 4) is 11.5 Å². The van der Waals surface area contributed by atoms with Gasteiger partial charge in [0.15, 0.2) is 0 Å². The van der Waals surface area contributed by atoms with Gasteiger partial charge in [-0.1, -0.05) is 41.9 Å². The summed E-state index contributed by atoms with van der Waals surface area (Å²) in [6.07, 6.45) is 0. The number of hydrogen-bond donors (Lipinski definition) is 2. The molecular formula is C23H22BrClN2O5S. The summed E-state index contributed by atoms with van der Waals surface area (Å²) in [4.78, 5) is 12.3. The van der Waals surface area contributed by atoms with E-state index >= 15 is 0 Å². The lowest BCUT2D eigenvalue weighted by Crippen LogP contribution is -2.25. The lowest BCUT2D eigenvalue weighted by molar-refractivity contribution is -0.118. The van der Waals surface area contributed by atoms with Gasteiger partial charge in [-0.05, 0) is 51.3 Å². The second-order valence-electron chi connectivity index (χ2n) is 7.05. The standard InChI is InChI=1S/C23H22BrClN2O5S/c1-31-16-9-7-15(20(12-16)32-2)13-27-33(29,30)21-11-14(8-10-18(21)24)22(23(26)28)17-5-3-4-6-19(17)25/h3-12,22,27H,13H2,1-2H3,(H2,26,28). The summed E-state index contributed by atoms with van der Waals surface area (Å²) >= 11 is 9.57. The van der Waals surface area contributed by atoms with E-state index in [4.69, 9.17) is 26.8 Å². The first-order valence-electron chi connectivity index (χ1n) is 9.71. The van der Waals surface area contributed by atoms with E-state index in [1.807, 2.05) is 0 Å². The van der Waals surface area contributed by atoms with Gasteiger partial charge in [0.2, 0.25) is 15.9 Å². The molecule has 1 unspecified atom stereocenters. The van der Waals surface area contributed by atoms with E-state index in [0.717, 1.165) is 0 Å². The van der Waals surface area contributed by atoms with Gasteiger partial charge >= 0.3 is 0 Å². The lowest BCUT2D eigenvalue weighted by atomic mass is 9.91. The number of carbonyl (C=O) groups is 1. The molecule has 0 aliphatic rings. The molecule has 3 N–H and O–H groups in total. The van der Waals surface area contributed by atoms with Crippen LogP contribution in [-0.4, -0.2) is 28.5 Å². The summed E-state index contributed by atoms with van der Waals surface area (Å²) in [5, 5.41) is 0.360. The van der Waals surface area contributed by atoms with E-state index in [1.54, 1.807) is 54.6 Å². The van der Waals surface area contributed by atoms with Gasteiger partial charge in [-0.25, -0.2) is 13.1 Å². The molecule has 0 spiro atoms. The molecule has 0 radical (unpaired) electrons. The predicted octanol–water partition coefficient (Wildman–Crippen LogP) is 4.22. The minimum absolute atomic E-state index is 0.0179. The average molecular weight is 554 g/mol. The highest BCUT2D eigenvalue weighted by molar-refractivity contribution is 9.10. The highest BCUT2D eigenvalue weighted by Gasteiger charge is 2.26. The number of halogens is 2. The Morgan fingerprint density at radius 1 is 1.09 bits per heavy atom. The van der Waals surface area contributed by atoms with Crippen LogP contribution in [0.4, 0.5) is 0 Å². The molecule has 0 saturated heterocycles. The molecular weight excluding hydrogens is 532 g/mol. The van der Waals surface area contributed by atoms with Crippen LogP contribution in [0.2, 0.25) is 5.02 Å². The third-order valence-electron chi connectivity index (χ3n) is 5.03. The average Bonchev–Trinajstić information content (AvgIpc) is 2.79. The van der Waals surface area contributed by atoms with Crippen molar-refractivity contribution in [2.24, 2.45) is 5.73 Å². The second-order valence-corrected chi connectivity index (χ2v) is 10.0. The van der Waals surface area contributed by atoms with Crippen LogP contribution in [0, 0.1) is 0 Å². The Labute approximate surface area is 206 Å². The summed E-state index contributed by atoms with van der Waals surface area (Å²) in [6, 6.07) is 16.5. The number of sulfonamides is 1. The van der Waals surface area contributed by atoms with Crippen molar-refractivity contribution in [3.05, 3.63) is 86.8 Å². The highest BCUT2D eigenvalue weighted by atomic mass is 79.9. The molecule has 0 aromatic heterocycles. The van der Waals surface area contributed by atoms with Crippen LogP contribution in [0.25, 0.3) is 0 Å². The van der Waals surface area contributed by atoms with Gasteiger partial charge < -0.3 is 15.2 Å². The fourth-order valence-corrected chi connectivity index (χ4v) is 5.61. The number of nitrogens with two attached hydrogens (primary N) is 1. The third kappa shape index (κ3) is 5.67. The largest absolute Gasteiger partial charge is 0.497 e. The lowest BCUT2D eigenvalue weighted by Gasteiger charge is -2.18. The van der Waals surface area contributed by atoms with Crippen LogP contribution < -0.4 is 19.9 Å². The molecule has 33 heavy (non-hydrogen) atoms. The second kappa shape index (κ2) is 10.6. The number of carbonyl (C=O) groups excluding carboxylic acids is 1. The minimum Gasteiger partial charge on any atom is -0.497 e. The molecule has 1 amide bonds. The molecule has 174 valence electrons. The smallest absolute Gasteiger partial charge is 0.242 e. The van der Waals surface area contributed by atoms with Crippen molar-refractivity contribution in [3.63, 3.8) is 0 Å². The van der Waals surface area contributed by atoms with Crippen LogP contribution in [0.1, 0.15) is 22.6 Å². The van der Waals surface area contributed by atoms with Crippen molar-refractivity contribution in [1.29, 1.82) is 0 Å². The zero-order chi connectivity index (χ0) is 24.2. The molecule has 10 heteroatoms. The van der Waals surface area contributed by atoms with Gasteiger partial charge in [0.05, 0.1) is 25.0 Å². The molecule has 0 aliphatic carbocycles. The maximum atomic E-state index is 13.1. The monoisotopic (exact) mass is 552 g/mol. The van der Waals surface area contributed by atoms with Gasteiger partial charge in [0.1, 0.15) is 11.5 Å². The number of benzene rings is 3. The van der Waals surface area contributed by atoms with E-state index in [2.05, 4.69) is 20.7 Å². The number of amides is 1. The predicted molar refractivity (Wildman–Crippen MR) is 130 cm³/mol. The Hall–Kier alpha value is -2.59. The quantitative estimate of drug-likeness (QED) is 0.413. The van der Waals surface area contributed by atoms with Gasteiger partial charge in [0, 0.05) is 27.7 Å². The normalized spacial score (nSPS) is 12.2. The Balaban J connectivity index is 1.95. The Kier molecular flexibility index (Phi) is 8.01. The molecule has 3 aromatic rings. The van der Waals surface area contributed by atoms with Crippen LogP contribution in [-0.2, 0) is 21.4 Å².